The molecule has 0 heterocycles. The lowest BCUT2D eigenvalue weighted by Crippen LogP contribution is -2.29. The van der Waals surface area contributed by atoms with Gasteiger partial charge in [0.2, 0.25) is 0 Å². The van der Waals surface area contributed by atoms with Gasteiger partial charge in [-0.1, -0.05) is 0 Å². The van der Waals surface area contributed by atoms with Gasteiger partial charge in [0.1, 0.15) is 17.2 Å². The fourth-order valence-corrected chi connectivity index (χ4v) is 2.40. The molecule has 0 bridgehead atoms. The van der Waals surface area contributed by atoms with Crippen LogP contribution in [0.2, 0.25) is 0 Å². The molecule has 1 amide bonds. The largest absolute Gasteiger partial charge is 0.497 e. The monoisotopic (exact) mass is 358 g/mol. The van der Waals surface area contributed by atoms with Crippen LogP contribution in [0.5, 0.6) is 17.2 Å². The number of benzene rings is 2. The zero-order valence-corrected chi connectivity index (χ0v) is 15.1. The smallest absolute Gasteiger partial charge is 0.265 e. The van der Waals surface area contributed by atoms with Crippen molar-refractivity contribution in [2.75, 3.05) is 20.3 Å². The summed E-state index contributed by atoms with van der Waals surface area (Å²) in [6.45, 7) is 1.36. The van der Waals surface area contributed by atoms with Crippen LogP contribution in [0, 0.1) is 0 Å². The Kier molecular flexibility index (Phi) is 8.29. The number of rotatable bonds is 11. The number of amides is 1. The molecule has 0 spiro atoms. The summed E-state index contributed by atoms with van der Waals surface area (Å²) in [6.07, 6.45) is 4.16. The van der Waals surface area contributed by atoms with Crippen LogP contribution in [0.25, 0.3) is 0 Å². The predicted octanol–water partition coefficient (Wildman–Crippen LogP) is 3.32. The molecule has 3 N–H and O–H groups in total. The molecule has 2 aromatic rings. The third-order valence-corrected chi connectivity index (χ3v) is 3.88. The first kappa shape index (κ1) is 19.6. The fourth-order valence-electron chi connectivity index (χ4n) is 2.40. The van der Waals surface area contributed by atoms with E-state index in [1.807, 2.05) is 24.3 Å². The van der Waals surface area contributed by atoms with Gasteiger partial charge >= 0.3 is 0 Å². The van der Waals surface area contributed by atoms with E-state index in [0.29, 0.717) is 18.8 Å². The van der Waals surface area contributed by atoms with Crippen LogP contribution < -0.4 is 25.5 Å². The Balaban J connectivity index is 1.52. The Bertz CT molecular complexity index is 657. The van der Waals surface area contributed by atoms with Crippen LogP contribution in [-0.2, 0) is 0 Å². The zero-order chi connectivity index (χ0) is 18.6. The number of hydrogen-bond donors (Lipinski definition) is 2. The number of methoxy groups -OCH3 is 1. The van der Waals surface area contributed by atoms with Crippen molar-refractivity contribution < 1.29 is 19.0 Å². The number of hydrogen-bond acceptors (Lipinski definition) is 5. The van der Waals surface area contributed by atoms with Crippen LogP contribution >= 0.6 is 0 Å². The van der Waals surface area contributed by atoms with E-state index in [4.69, 9.17) is 20.1 Å². The summed E-state index contributed by atoms with van der Waals surface area (Å²) in [5.41, 5.74) is 2.61. The van der Waals surface area contributed by atoms with E-state index < -0.39 is 0 Å². The highest BCUT2D eigenvalue weighted by Crippen LogP contribution is 2.17. The molecule has 0 fully saturated rings. The minimum atomic E-state index is -0.312. The molecule has 26 heavy (non-hydrogen) atoms. The van der Waals surface area contributed by atoms with Crippen molar-refractivity contribution in [3.8, 4) is 17.2 Å². The Morgan fingerprint density at radius 2 is 1.27 bits per heavy atom. The Morgan fingerprint density at radius 1 is 0.808 bits per heavy atom. The summed E-state index contributed by atoms with van der Waals surface area (Å²) < 4.78 is 16.5. The van der Waals surface area contributed by atoms with Gasteiger partial charge in [-0.3, -0.25) is 10.2 Å². The van der Waals surface area contributed by atoms with Crippen molar-refractivity contribution in [1.29, 1.82) is 0 Å². The molecule has 0 radical (unpaired) electrons. The molecule has 0 aromatic heterocycles. The first-order valence-corrected chi connectivity index (χ1v) is 8.73. The van der Waals surface area contributed by atoms with Gasteiger partial charge in [-0.05, 0) is 74.2 Å². The van der Waals surface area contributed by atoms with Crippen LogP contribution in [-0.4, -0.2) is 26.2 Å². The normalized spacial score (nSPS) is 10.2. The van der Waals surface area contributed by atoms with Gasteiger partial charge in [0.15, 0.2) is 0 Å². The summed E-state index contributed by atoms with van der Waals surface area (Å²) in [4.78, 5) is 11.3. The summed E-state index contributed by atoms with van der Waals surface area (Å²) >= 11 is 0. The van der Waals surface area contributed by atoms with E-state index in [2.05, 4.69) is 5.43 Å². The third-order valence-electron chi connectivity index (χ3n) is 3.88. The van der Waals surface area contributed by atoms with E-state index in [1.54, 1.807) is 31.4 Å². The molecule has 0 aliphatic heterocycles. The molecular weight excluding hydrogens is 332 g/mol. The average Bonchev–Trinajstić information content (AvgIpc) is 2.70. The van der Waals surface area contributed by atoms with Gasteiger partial charge in [-0.25, -0.2) is 5.84 Å². The van der Waals surface area contributed by atoms with E-state index in [1.165, 1.54) is 0 Å². The maximum Gasteiger partial charge on any atom is 0.265 e. The van der Waals surface area contributed by atoms with Gasteiger partial charge < -0.3 is 14.2 Å². The van der Waals surface area contributed by atoms with Crippen molar-refractivity contribution in [1.82, 2.24) is 5.43 Å². The maximum absolute atomic E-state index is 11.3. The quantitative estimate of drug-likeness (QED) is 0.279. The summed E-state index contributed by atoms with van der Waals surface area (Å²) in [5, 5.41) is 0. The molecule has 2 rings (SSSR count). The second-order valence-corrected chi connectivity index (χ2v) is 5.78. The SMILES string of the molecule is COc1ccc(OCCCCCCOc2ccc(C(=O)NN)cc2)cc1. The topological polar surface area (TPSA) is 82.8 Å². The Labute approximate surface area is 154 Å². The molecule has 0 saturated carbocycles. The minimum Gasteiger partial charge on any atom is -0.497 e. The minimum absolute atomic E-state index is 0.312. The van der Waals surface area contributed by atoms with E-state index in [-0.39, 0.29) is 5.91 Å². The van der Waals surface area contributed by atoms with E-state index >= 15 is 0 Å². The van der Waals surface area contributed by atoms with Crippen LogP contribution in [0.4, 0.5) is 0 Å². The highest BCUT2D eigenvalue weighted by atomic mass is 16.5. The van der Waals surface area contributed by atoms with Crippen LogP contribution in [0.3, 0.4) is 0 Å². The molecule has 140 valence electrons. The van der Waals surface area contributed by atoms with Gasteiger partial charge in [0, 0.05) is 5.56 Å². The first-order valence-electron chi connectivity index (χ1n) is 8.73. The molecule has 6 nitrogen and oxygen atoms in total. The molecule has 0 saturated heterocycles. The number of unbranched alkanes of at least 4 members (excludes halogenated alkanes) is 3. The highest BCUT2D eigenvalue weighted by Gasteiger charge is 2.03. The highest BCUT2D eigenvalue weighted by molar-refractivity contribution is 5.93. The number of nitrogen functional groups attached to an aromatic ring is 1. The molecule has 0 aliphatic carbocycles. The molecule has 0 aliphatic rings. The summed E-state index contributed by atoms with van der Waals surface area (Å²) in [5.74, 6) is 7.22. The lowest BCUT2D eigenvalue weighted by atomic mass is 10.2. The standard InChI is InChI=1S/C20H26N2O4/c1-24-17-10-12-19(13-11-17)26-15-5-3-2-4-14-25-18-8-6-16(7-9-18)20(23)22-21/h6-13H,2-5,14-15,21H2,1H3,(H,22,23). The molecule has 6 heteroatoms. The maximum atomic E-state index is 11.3. The van der Waals surface area contributed by atoms with Crippen molar-refractivity contribution in [3.05, 3.63) is 54.1 Å². The number of hydrazine groups is 1. The average molecular weight is 358 g/mol. The summed E-state index contributed by atoms with van der Waals surface area (Å²) in [6, 6.07) is 14.5. The van der Waals surface area contributed by atoms with E-state index in [0.717, 1.165) is 42.9 Å². The number of ether oxygens (including phenoxy) is 3. The number of carbonyl (C=O) groups excluding carboxylic acids is 1. The molecule has 0 atom stereocenters. The number of carbonyl (C=O) groups is 1. The number of nitrogens with one attached hydrogen (secondary N) is 1. The second kappa shape index (κ2) is 11.0. The van der Waals surface area contributed by atoms with Gasteiger partial charge in [0.25, 0.3) is 5.91 Å². The van der Waals surface area contributed by atoms with Gasteiger partial charge in [0.05, 0.1) is 20.3 Å². The lowest BCUT2D eigenvalue weighted by Gasteiger charge is -2.08. The van der Waals surface area contributed by atoms with E-state index in [9.17, 15) is 4.79 Å². The molecule has 2 aromatic carbocycles. The van der Waals surface area contributed by atoms with Crippen molar-refractivity contribution in [3.63, 3.8) is 0 Å². The molecule has 0 unspecified atom stereocenters. The van der Waals surface area contributed by atoms with Crippen LogP contribution in [0.1, 0.15) is 36.0 Å². The fraction of sp³-hybridized carbons (Fsp3) is 0.350. The van der Waals surface area contributed by atoms with Crippen molar-refractivity contribution >= 4 is 5.91 Å². The third kappa shape index (κ3) is 6.64. The zero-order valence-electron chi connectivity index (χ0n) is 15.1. The Morgan fingerprint density at radius 3 is 1.73 bits per heavy atom. The predicted molar refractivity (Wildman–Crippen MR) is 101 cm³/mol. The first-order chi connectivity index (χ1) is 12.7. The number of nitrogens with two attached hydrogens (primary N) is 1. The van der Waals surface area contributed by atoms with Gasteiger partial charge in [-0.2, -0.15) is 0 Å². The second-order valence-electron chi connectivity index (χ2n) is 5.78. The van der Waals surface area contributed by atoms with Crippen molar-refractivity contribution in [2.24, 2.45) is 5.84 Å². The van der Waals surface area contributed by atoms with Crippen molar-refractivity contribution in [2.45, 2.75) is 25.7 Å². The molecular formula is C20H26N2O4. The Hall–Kier alpha value is -2.73. The van der Waals surface area contributed by atoms with Gasteiger partial charge in [-0.15, -0.1) is 0 Å². The van der Waals surface area contributed by atoms with Crippen LogP contribution in [0.15, 0.2) is 48.5 Å². The lowest BCUT2D eigenvalue weighted by molar-refractivity contribution is 0.0953. The summed E-state index contributed by atoms with van der Waals surface area (Å²) in [7, 11) is 1.65.